The molecule has 1 N–H and O–H groups in total. The van der Waals surface area contributed by atoms with Gasteiger partial charge >= 0.3 is 0 Å². The van der Waals surface area contributed by atoms with Gasteiger partial charge in [0.05, 0.1) is 23.4 Å². The third-order valence-corrected chi connectivity index (χ3v) is 4.27. The monoisotopic (exact) mass is 372 g/mol. The maximum atomic E-state index is 6.12. The Balaban J connectivity index is 1.92. The molecule has 1 saturated heterocycles. The average Bonchev–Trinajstić information content (AvgIpc) is 3.14. The van der Waals surface area contributed by atoms with E-state index in [-0.39, 0.29) is 6.10 Å². The second-order valence-electron chi connectivity index (χ2n) is 4.96. The number of nitrogens with zero attached hydrogens (tertiary/aromatic N) is 3. The van der Waals surface area contributed by atoms with Crippen molar-refractivity contribution in [1.29, 1.82) is 0 Å². The van der Waals surface area contributed by atoms with Crippen LogP contribution < -0.4 is 4.74 Å². The average molecular weight is 373 g/mol. The summed E-state index contributed by atoms with van der Waals surface area (Å²) >= 11 is 17.5. The highest BCUT2D eigenvalue weighted by atomic mass is 35.5. The first-order valence-corrected chi connectivity index (χ1v) is 8.13. The summed E-state index contributed by atoms with van der Waals surface area (Å²) in [5.74, 6) is 1.10. The number of H-pyrrole nitrogens is 1. The zero-order valence-corrected chi connectivity index (χ0v) is 14.6. The van der Waals surface area contributed by atoms with Gasteiger partial charge in [-0.25, -0.2) is 0 Å². The Morgan fingerprint density at radius 3 is 2.83 bits per heavy atom. The van der Waals surface area contributed by atoms with E-state index in [2.05, 4.69) is 15.3 Å². The Morgan fingerprint density at radius 1 is 1.48 bits per heavy atom. The highest BCUT2D eigenvalue weighted by molar-refractivity contribution is 7.71. The summed E-state index contributed by atoms with van der Waals surface area (Å²) in [6.07, 6.45) is 3.41. The molecule has 1 atom stereocenters. The molecule has 1 unspecified atom stereocenters. The lowest BCUT2D eigenvalue weighted by Gasteiger charge is -2.08. The van der Waals surface area contributed by atoms with Gasteiger partial charge in [0, 0.05) is 6.61 Å². The smallest absolute Gasteiger partial charge is 0.216 e. The normalized spacial score (nSPS) is 18.0. The molecule has 0 spiro atoms. The fraction of sp³-hybridized carbons (Fsp3) is 0.357. The molecule has 122 valence electrons. The maximum absolute atomic E-state index is 6.12. The predicted molar refractivity (Wildman–Crippen MR) is 91.3 cm³/mol. The summed E-state index contributed by atoms with van der Waals surface area (Å²) in [7, 11) is 1.51. The van der Waals surface area contributed by atoms with Crippen LogP contribution >= 0.6 is 35.4 Å². The maximum Gasteiger partial charge on any atom is 0.216 e. The van der Waals surface area contributed by atoms with Crippen molar-refractivity contribution in [3.63, 3.8) is 0 Å². The van der Waals surface area contributed by atoms with Gasteiger partial charge in [-0.15, -0.1) is 0 Å². The van der Waals surface area contributed by atoms with Gasteiger partial charge in [0.25, 0.3) is 0 Å². The van der Waals surface area contributed by atoms with Crippen LogP contribution in [0.2, 0.25) is 10.0 Å². The molecule has 3 rings (SSSR count). The summed E-state index contributed by atoms with van der Waals surface area (Å²) in [4.78, 5) is 0. The molecule has 1 aliphatic heterocycles. The Morgan fingerprint density at radius 2 is 2.22 bits per heavy atom. The Bertz CT molecular complexity index is 773. The van der Waals surface area contributed by atoms with Crippen molar-refractivity contribution < 1.29 is 9.47 Å². The van der Waals surface area contributed by atoms with Crippen LogP contribution in [-0.4, -0.2) is 34.8 Å². The minimum atomic E-state index is -0.0943. The fourth-order valence-electron chi connectivity index (χ4n) is 2.38. The van der Waals surface area contributed by atoms with Crippen LogP contribution in [-0.2, 0) is 4.74 Å². The van der Waals surface area contributed by atoms with E-state index in [1.807, 2.05) is 0 Å². The summed E-state index contributed by atoms with van der Waals surface area (Å²) < 4.78 is 12.7. The lowest BCUT2D eigenvalue weighted by atomic mass is 10.2. The topological polar surface area (TPSA) is 64.4 Å². The molecule has 0 amide bonds. The van der Waals surface area contributed by atoms with Crippen molar-refractivity contribution in [2.45, 2.75) is 18.9 Å². The third-order valence-electron chi connectivity index (χ3n) is 3.44. The fourth-order valence-corrected chi connectivity index (χ4v) is 3.22. The van der Waals surface area contributed by atoms with Crippen LogP contribution in [0.3, 0.4) is 0 Å². The third kappa shape index (κ3) is 3.42. The molecule has 2 aromatic rings. The van der Waals surface area contributed by atoms with Gasteiger partial charge in [0.15, 0.2) is 11.6 Å². The number of benzene rings is 1. The Labute approximate surface area is 148 Å². The molecule has 0 aliphatic carbocycles. The second kappa shape index (κ2) is 7.00. The molecule has 1 aliphatic rings. The number of rotatable bonds is 4. The van der Waals surface area contributed by atoms with E-state index in [9.17, 15) is 0 Å². The largest absolute Gasteiger partial charge is 0.494 e. The van der Waals surface area contributed by atoms with Crippen molar-refractivity contribution in [3.05, 3.63) is 38.3 Å². The summed E-state index contributed by atoms with van der Waals surface area (Å²) in [5.41, 5.74) is 0.724. The van der Waals surface area contributed by atoms with Crippen LogP contribution in [0.15, 0.2) is 17.2 Å². The van der Waals surface area contributed by atoms with Crippen LogP contribution in [0, 0.1) is 4.77 Å². The summed E-state index contributed by atoms with van der Waals surface area (Å²) in [6, 6.07) is 3.43. The number of methoxy groups -OCH3 is 1. The van der Waals surface area contributed by atoms with Crippen molar-refractivity contribution in [3.8, 4) is 5.75 Å². The SMILES string of the molecule is COc1c(Cl)cc(/C=N\n2c(C3CCCO3)n[nH]c2=S)cc1Cl. The molecule has 0 saturated carbocycles. The number of ether oxygens (including phenoxy) is 2. The zero-order chi connectivity index (χ0) is 16.4. The van der Waals surface area contributed by atoms with Gasteiger partial charge in [-0.1, -0.05) is 23.2 Å². The lowest BCUT2D eigenvalue weighted by molar-refractivity contribution is 0.102. The van der Waals surface area contributed by atoms with E-state index in [0.29, 0.717) is 26.4 Å². The molecule has 0 radical (unpaired) electrons. The van der Waals surface area contributed by atoms with E-state index in [4.69, 9.17) is 44.9 Å². The summed E-state index contributed by atoms with van der Waals surface area (Å²) in [6.45, 7) is 0.720. The summed E-state index contributed by atoms with van der Waals surface area (Å²) in [5, 5.41) is 12.1. The highest BCUT2D eigenvalue weighted by Gasteiger charge is 2.23. The van der Waals surface area contributed by atoms with E-state index in [1.165, 1.54) is 7.11 Å². The van der Waals surface area contributed by atoms with Gasteiger partial charge < -0.3 is 9.47 Å². The van der Waals surface area contributed by atoms with E-state index < -0.39 is 0 Å². The van der Waals surface area contributed by atoms with Gasteiger partial charge in [-0.05, 0) is 42.8 Å². The predicted octanol–water partition coefficient (Wildman–Crippen LogP) is 3.99. The van der Waals surface area contributed by atoms with Crippen molar-refractivity contribution in [2.24, 2.45) is 5.10 Å². The molecular weight excluding hydrogens is 359 g/mol. The number of aromatic amines is 1. The first kappa shape index (κ1) is 16.4. The van der Waals surface area contributed by atoms with Crippen molar-refractivity contribution >= 4 is 41.6 Å². The number of halogens is 2. The Hall–Kier alpha value is -1.41. The minimum Gasteiger partial charge on any atom is -0.494 e. The van der Waals surface area contributed by atoms with Crippen LogP contribution in [0.25, 0.3) is 0 Å². The number of aromatic nitrogens is 3. The molecule has 23 heavy (non-hydrogen) atoms. The number of hydrogen-bond donors (Lipinski definition) is 1. The second-order valence-corrected chi connectivity index (χ2v) is 6.16. The molecule has 0 bridgehead atoms. The standard InChI is InChI=1S/C14H14Cl2N4O2S/c1-21-12-9(15)5-8(6-10(12)16)7-17-20-13(18-19-14(20)23)11-3-2-4-22-11/h5-7,11H,2-4H2,1H3,(H,19,23)/b17-7-. The molecule has 1 fully saturated rings. The Kier molecular flexibility index (Phi) is 5.01. The van der Waals surface area contributed by atoms with E-state index in [1.54, 1.807) is 23.0 Å². The first-order chi connectivity index (χ1) is 11.1. The van der Waals surface area contributed by atoms with Crippen LogP contribution in [0.4, 0.5) is 0 Å². The van der Waals surface area contributed by atoms with Crippen molar-refractivity contribution in [2.75, 3.05) is 13.7 Å². The van der Waals surface area contributed by atoms with Crippen LogP contribution in [0.5, 0.6) is 5.75 Å². The molecular formula is C14H14Cl2N4O2S. The van der Waals surface area contributed by atoms with Gasteiger partial charge in [-0.3, -0.25) is 5.10 Å². The van der Waals surface area contributed by atoms with Gasteiger partial charge in [0.1, 0.15) is 6.10 Å². The van der Waals surface area contributed by atoms with E-state index in [0.717, 1.165) is 25.0 Å². The van der Waals surface area contributed by atoms with Crippen molar-refractivity contribution in [1.82, 2.24) is 14.9 Å². The lowest BCUT2D eigenvalue weighted by Crippen LogP contribution is -2.05. The minimum absolute atomic E-state index is 0.0943. The molecule has 9 heteroatoms. The molecule has 2 heterocycles. The number of nitrogens with one attached hydrogen (secondary N) is 1. The number of hydrogen-bond acceptors (Lipinski definition) is 5. The molecule has 1 aromatic heterocycles. The first-order valence-electron chi connectivity index (χ1n) is 6.96. The van der Waals surface area contributed by atoms with Gasteiger partial charge in [-0.2, -0.15) is 14.9 Å². The molecule has 6 nitrogen and oxygen atoms in total. The zero-order valence-electron chi connectivity index (χ0n) is 12.3. The van der Waals surface area contributed by atoms with Gasteiger partial charge in [0.2, 0.25) is 4.77 Å². The molecule has 1 aromatic carbocycles. The quantitative estimate of drug-likeness (QED) is 0.650. The highest BCUT2D eigenvalue weighted by Crippen LogP contribution is 2.33. The van der Waals surface area contributed by atoms with E-state index >= 15 is 0 Å². The van der Waals surface area contributed by atoms with Crippen LogP contribution in [0.1, 0.15) is 30.3 Å².